The summed E-state index contributed by atoms with van der Waals surface area (Å²) < 4.78 is 0. The van der Waals surface area contributed by atoms with E-state index in [4.69, 9.17) is 0 Å². The van der Waals surface area contributed by atoms with Gasteiger partial charge in [0, 0.05) is 52.3 Å². The van der Waals surface area contributed by atoms with Gasteiger partial charge in [-0.05, 0) is 30.5 Å². The standard InChI is InChI=1S/C21H33N5O2/c1-22-21(24-14-13-23-19(27)17-7-5-4-6-8-17)25-15-16-9-11-18(12-10-16)20(28)26(2)3/h9-12,17H,4-8,13-15H2,1-3H3,(H,23,27)(H2,22,24,25). The fourth-order valence-corrected chi connectivity index (χ4v) is 3.31. The molecule has 0 saturated heterocycles. The SMILES string of the molecule is CN=C(NCCNC(=O)C1CCCCC1)NCc1ccc(C(=O)N(C)C)cc1. The third-order valence-electron chi connectivity index (χ3n) is 4.98. The van der Waals surface area contributed by atoms with Crippen LogP contribution in [0.5, 0.6) is 0 Å². The Hall–Kier alpha value is -2.57. The van der Waals surface area contributed by atoms with Crippen molar-refractivity contribution in [3.63, 3.8) is 0 Å². The molecule has 1 aliphatic carbocycles. The maximum Gasteiger partial charge on any atom is 0.253 e. The molecule has 0 spiro atoms. The molecule has 0 aliphatic heterocycles. The van der Waals surface area contributed by atoms with Crippen LogP contribution in [-0.2, 0) is 11.3 Å². The molecule has 0 aromatic heterocycles. The van der Waals surface area contributed by atoms with E-state index in [0.29, 0.717) is 31.2 Å². The lowest BCUT2D eigenvalue weighted by Crippen LogP contribution is -2.42. The van der Waals surface area contributed by atoms with Gasteiger partial charge in [-0.2, -0.15) is 0 Å². The Balaban J connectivity index is 1.68. The molecule has 3 N–H and O–H groups in total. The fraction of sp³-hybridized carbons (Fsp3) is 0.571. The van der Waals surface area contributed by atoms with Crippen LogP contribution in [0.2, 0.25) is 0 Å². The molecule has 0 radical (unpaired) electrons. The monoisotopic (exact) mass is 387 g/mol. The van der Waals surface area contributed by atoms with Gasteiger partial charge in [0.1, 0.15) is 0 Å². The average molecular weight is 388 g/mol. The summed E-state index contributed by atoms with van der Waals surface area (Å²) in [5.74, 6) is 1.04. The number of hydrogen-bond acceptors (Lipinski definition) is 3. The average Bonchev–Trinajstić information content (AvgIpc) is 2.73. The van der Waals surface area contributed by atoms with Crippen molar-refractivity contribution in [1.82, 2.24) is 20.9 Å². The number of nitrogens with zero attached hydrogens (tertiary/aromatic N) is 2. The van der Waals surface area contributed by atoms with Crippen LogP contribution in [0.1, 0.15) is 48.0 Å². The molecule has 1 saturated carbocycles. The van der Waals surface area contributed by atoms with Crippen LogP contribution >= 0.6 is 0 Å². The number of amides is 2. The second-order valence-corrected chi connectivity index (χ2v) is 7.38. The predicted octanol–water partition coefficient (Wildman–Crippen LogP) is 1.75. The van der Waals surface area contributed by atoms with Crippen molar-refractivity contribution >= 4 is 17.8 Å². The number of carbonyl (C=O) groups is 2. The maximum atomic E-state index is 12.1. The molecule has 154 valence electrons. The van der Waals surface area contributed by atoms with Crippen LogP contribution in [-0.4, -0.2) is 56.9 Å². The molecular weight excluding hydrogens is 354 g/mol. The minimum atomic E-state index is -0.00717. The molecular formula is C21H33N5O2. The molecule has 0 heterocycles. The first-order valence-electron chi connectivity index (χ1n) is 10.0. The van der Waals surface area contributed by atoms with Crippen molar-refractivity contribution in [2.24, 2.45) is 10.9 Å². The predicted molar refractivity (Wildman–Crippen MR) is 112 cm³/mol. The topological polar surface area (TPSA) is 85.8 Å². The maximum absolute atomic E-state index is 12.1. The van der Waals surface area contributed by atoms with E-state index in [-0.39, 0.29) is 17.7 Å². The number of nitrogens with one attached hydrogen (secondary N) is 3. The van der Waals surface area contributed by atoms with Gasteiger partial charge in [-0.25, -0.2) is 0 Å². The van der Waals surface area contributed by atoms with Crippen LogP contribution in [0.25, 0.3) is 0 Å². The summed E-state index contributed by atoms with van der Waals surface area (Å²) in [5.41, 5.74) is 1.73. The van der Waals surface area contributed by atoms with E-state index in [2.05, 4.69) is 20.9 Å². The Bertz CT molecular complexity index is 664. The van der Waals surface area contributed by atoms with Crippen molar-refractivity contribution in [2.45, 2.75) is 38.6 Å². The number of carbonyl (C=O) groups excluding carboxylic acids is 2. The minimum Gasteiger partial charge on any atom is -0.355 e. The van der Waals surface area contributed by atoms with Crippen molar-refractivity contribution in [1.29, 1.82) is 0 Å². The first kappa shape index (κ1) is 21.7. The van der Waals surface area contributed by atoms with Gasteiger partial charge >= 0.3 is 0 Å². The van der Waals surface area contributed by atoms with Gasteiger partial charge in [-0.3, -0.25) is 14.6 Å². The minimum absolute atomic E-state index is 0.00717. The molecule has 2 amide bonds. The summed E-state index contributed by atoms with van der Waals surface area (Å²) in [7, 11) is 5.20. The number of hydrogen-bond donors (Lipinski definition) is 3. The second kappa shape index (κ2) is 11.3. The second-order valence-electron chi connectivity index (χ2n) is 7.38. The van der Waals surface area contributed by atoms with Gasteiger partial charge in [0.25, 0.3) is 5.91 Å². The van der Waals surface area contributed by atoms with Gasteiger partial charge in [-0.15, -0.1) is 0 Å². The first-order chi connectivity index (χ1) is 13.5. The van der Waals surface area contributed by atoms with E-state index in [1.165, 1.54) is 6.42 Å². The zero-order valence-corrected chi connectivity index (χ0v) is 17.3. The van der Waals surface area contributed by atoms with E-state index in [1.54, 1.807) is 26.0 Å². The lowest BCUT2D eigenvalue weighted by atomic mass is 9.89. The third kappa shape index (κ3) is 6.87. The molecule has 2 rings (SSSR count). The number of benzene rings is 1. The van der Waals surface area contributed by atoms with Crippen LogP contribution in [0, 0.1) is 5.92 Å². The van der Waals surface area contributed by atoms with E-state index in [0.717, 1.165) is 31.2 Å². The number of guanidine groups is 1. The van der Waals surface area contributed by atoms with Crippen LogP contribution < -0.4 is 16.0 Å². The van der Waals surface area contributed by atoms with E-state index < -0.39 is 0 Å². The first-order valence-corrected chi connectivity index (χ1v) is 10.0. The molecule has 0 unspecified atom stereocenters. The summed E-state index contributed by atoms with van der Waals surface area (Å²) in [6, 6.07) is 7.52. The molecule has 1 aliphatic rings. The number of aliphatic imine (C=N–C) groups is 1. The van der Waals surface area contributed by atoms with E-state index in [1.807, 2.05) is 24.3 Å². The molecule has 1 aromatic rings. The van der Waals surface area contributed by atoms with Crippen molar-refractivity contribution in [3.05, 3.63) is 35.4 Å². The summed E-state index contributed by atoms with van der Waals surface area (Å²) in [6.07, 6.45) is 5.61. The fourth-order valence-electron chi connectivity index (χ4n) is 3.31. The Labute approximate surface area is 168 Å². The lowest BCUT2D eigenvalue weighted by molar-refractivity contribution is -0.125. The highest BCUT2D eigenvalue weighted by Crippen LogP contribution is 2.23. The highest BCUT2D eigenvalue weighted by molar-refractivity contribution is 5.93. The van der Waals surface area contributed by atoms with Crippen molar-refractivity contribution in [2.75, 3.05) is 34.2 Å². The summed E-state index contributed by atoms with van der Waals surface area (Å²) >= 11 is 0. The summed E-state index contributed by atoms with van der Waals surface area (Å²) in [5, 5.41) is 9.46. The van der Waals surface area contributed by atoms with Gasteiger partial charge in [0.15, 0.2) is 5.96 Å². The zero-order valence-electron chi connectivity index (χ0n) is 17.3. The highest BCUT2D eigenvalue weighted by atomic mass is 16.2. The third-order valence-corrected chi connectivity index (χ3v) is 4.98. The van der Waals surface area contributed by atoms with E-state index in [9.17, 15) is 9.59 Å². The highest BCUT2D eigenvalue weighted by Gasteiger charge is 2.20. The smallest absolute Gasteiger partial charge is 0.253 e. The van der Waals surface area contributed by atoms with Crippen LogP contribution in [0.4, 0.5) is 0 Å². The molecule has 0 bridgehead atoms. The molecule has 1 aromatic carbocycles. The van der Waals surface area contributed by atoms with Gasteiger partial charge in [0.2, 0.25) is 5.91 Å². The molecule has 28 heavy (non-hydrogen) atoms. The molecule has 7 heteroatoms. The van der Waals surface area contributed by atoms with Gasteiger partial charge < -0.3 is 20.9 Å². The lowest BCUT2D eigenvalue weighted by Gasteiger charge is -2.21. The summed E-state index contributed by atoms with van der Waals surface area (Å²) in [4.78, 5) is 29.8. The number of rotatable bonds is 7. The van der Waals surface area contributed by atoms with Crippen molar-refractivity contribution in [3.8, 4) is 0 Å². The quantitative estimate of drug-likeness (QED) is 0.378. The largest absolute Gasteiger partial charge is 0.355 e. The Morgan fingerprint density at radius 1 is 1.00 bits per heavy atom. The Kier molecular flexibility index (Phi) is 8.78. The van der Waals surface area contributed by atoms with Gasteiger partial charge in [0.05, 0.1) is 0 Å². The van der Waals surface area contributed by atoms with Crippen LogP contribution in [0.15, 0.2) is 29.3 Å². The normalized spacial score (nSPS) is 15.0. The molecule has 1 fully saturated rings. The Morgan fingerprint density at radius 3 is 2.25 bits per heavy atom. The molecule has 0 atom stereocenters. The van der Waals surface area contributed by atoms with E-state index >= 15 is 0 Å². The Morgan fingerprint density at radius 2 is 1.64 bits per heavy atom. The van der Waals surface area contributed by atoms with Gasteiger partial charge in [-0.1, -0.05) is 31.4 Å². The summed E-state index contributed by atoms with van der Waals surface area (Å²) in [6.45, 7) is 1.80. The van der Waals surface area contributed by atoms with Crippen molar-refractivity contribution < 1.29 is 9.59 Å². The zero-order chi connectivity index (χ0) is 20.4. The van der Waals surface area contributed by atoms with Crippen LogP contribution in [0.3, 0.4) is 0 Å². The molecule has 7 nitrogen and oxygen atoms in total.